The summed E-state index contributed by atoms with van der Waals surface area (Å²) in [5.74, 6) is -1.69. The van der Waals surface area contributed by atoms with Crippen LogP contribution in [-0.2, 0) is 25.9 Å². The molecule has 0 radical (unpaired) electrons. The maximum atomic E-state index is 13.1. The number of aliphatic carboxylic acids is 1. The number of amidine groups is 2. The maximum Gasteiger partial charge on any atom is 0.353 e. The van der Waals surface area contributed by atoms with Crippen molar-refractivity contribution in [1.82, 2.24) is 15.2 Å². The zero-order valence-corrected chi connectivity index (χ0v) is 24.9. The molecule has 41 heavy (non-hydrogen) atoms. The molecule has 0 saturated carbocycles. The number of oxime groups is 1. The minimum absolute atomic E-state index is 0.0189. The number of rotatable bonds is 10. The van der Waals surface area contributed by atoms with Crippen LogP contribution in [0.2, 0.25) is 0 Å². The van der Waals surface area contributed by atoms with Crippen molar-refractivity contribution in [2.75, 3.05) is 11.5 Å². The molecule has 2 aromatic rings. The number of carbonyl (C=O) groups excluding carboxylic acids is 2. The lowest BCUT2D eigenvalue weighted by molar-refractivity contribution is -0.150. The molecule has 2 amide bonds. The Morgan fingerprint density at radius 1 is 1.22 bits per heavy atom. The fourth-order valence-electron chi connectivity index (χ4n) is 3.87. The summed E-state index contributed by atoms with van der Waals surface area (Å²) in [4.78, 5) is 44.4. The summed E-state index contributed by atoms with van der Waals surface area (Å²) in [5, 5.41) is 40.7. The molecule has 11 N–H and O–H groups in total. The van der Waals surface area contributed by atoms with Crippen molar-refractivity contribution >= 4 is 97.3 Å². The number of β-lactam (4-membered cyclic amide) rings is 1. The van der Waals surface area contributed by atoms with Crippen LogP contribution in [0.5, 0.6) is 0 Å². The molecule has 1 aromatic carbocycles. The molecule has 19 heteroatoms. The Hall–Kier alpha value is -3.39. The van der Waals surface area contributed by atoms with Gasteiger partial charge < -0.3 is 32.8 Å². The first-order valence-corrected chi connectivity index (χ1v) is 16.1. The Bertz CT molecular complexity index is 1490. The Kier molecular flexibility index (Phi) is 9.74. The second-order valence-corrected chi connectivity index (χ2v) is 13.5. The van der Waals surface area contributed by atoms with Crippen LogP contribution in [0.25, 0.3) is 0 Å². The predicted molar refractivity (Wildman–Crippen MR) is 163 cm³/mol. The highest BCUT2D eigenvalue weighted by Crippen LogP contribution is 2.46. The first-order chi connectivity index (χ1) is 19.5. The molecule has 0 aliphatic carbocycles. The van der Waals surface area contributed by atoms with Crippen LogP contribution in [-0.4, -0.2) is 71.2 Å². The SMILES string of the molecule is N=C(N)SCc1ccc(SC2=C(C(=O)O)N3C(=O)[C@@H](NC(=O)/C(=N\O)c4csc(N)n4)[C@H]3SC2)c(CSC(=N)N)c1. The van der Waals surface area contributed by atoms with Crippen molar-refractivity contribution in [2.24, 2.45) is 16.6 Å². The van der Waals surface area contributed by atoms with Gasteiger partial charge in [-0.05, 0) is 17.2 Å². The van der Waals surface area contributed by atoms with Crippen molar-refractivity contribution < 1.29 is 24.7 Å². The number of nitrogen functional groups attached to an aromatic ring is 1. The number of carboxylic acid groups (broad SMARTS) is 1. The van der Waals surface area contributed by atoms with E-state index in [0.717, 1.165) is 44.0 Å². The number of carbonyl (C=O) groups is 3. The van der Waals surface area contributed by atoms with Gasteiger partial charge in [0.25, 0.3) is 11.8 Å². The van der Waals surface area contributed by atoms with Crippen LogP contribution in [0.15, 0.2) is 44.2 Å². The number of nitrogens with two attached hydrogens (primary N) is 3. The van der Waals surface area contributed by atoms with Crippen LogP contribution in [0, 0.1) is 10.8 Å². The molecule has 0 bridgehead atoms. The molecule has 1 saturated heterocycles. The molecule has 4 rings (SSSR count). The lowest BCUT2D eigenvalue weighted by Gasteiger charge is -2.49. The predicted octanol–water partition coefficient (Wildman–Crippen LogP) is 1.65. The summed E-state index contributed by atoms with van der Waals surface area (Å²) in [6, 6.07) is 4.52. The highest BCUT2D eigenvalue weighted by molar-refractivity contribution is 8.13. The molecule has 0 unspecified atom stereocenters. The number of hydrogen-bond donors (Lipinski definition) is 8. The number of anilines is 1. The number of fused-ring (bicyclic) bond motifs is 1. The molecule has 0 spiro atoms. The zero-order valence-electron chi connectivity index (χ0n) is 20.8. The molecule has 14 nitrogen and oxygen atoms in total. The van der Waals surface area contributed by atoms with E-state index in [0.29, 0.717) is 16.4 Å². The van der Waals surface area contributed by atoms with Crippen molar-refractivity contribution in [2.45, 2.75) is 27.8 Å². The molecule has 2 aliphatic heterocycles. The van der Waals surface area contributed by atoms with Crippen LogP contribution in [0.4, 0.5) is 5.13 Å². The molecular weight excluding hydrogens is 631 g/mol. The Labute approximate surface area is 254 Å². The smallest absolute Gasteiger partial charge is 0.353 e. The lowest BCUT2D eigenvalue weighted by Crippen LogP contribution is -2.71. The number of thiazole rings is 1. The van der Waals surface area contributed by atoms with Gasteiger partial charge in [-0.25, -0.2) is 9.78 Å². The van der Waals surface area contributed by atoms with Gasteiger partial charge in [-0.2, -0.15) is 0 Å². The third-order valence-electron chi connectivity index (χ3n) is 5.64. The normalized spacial score (nSPS) is 18.5. The molecule has 2 aliphatic rings. The van der Waals surface area contributed by atoms with E-state index >= 15 is 0 Å². The summed E-state index contributed by atoms with van der Waals surface area (Å²) in [7, 11) is 0. The number of aromatic nitrogens is 1. The van der Waals surface area contributed by atoms with Gasteiger partial charge in [-0.3, -0.25) is 25.3 Å². The van der Waals surface area contributed by atoms with E-state index < -0.39 is 34.9 Å². The molecular formula is C22H23N9O5S5. The van der Waals surface area contributed by atoms with Gasteiger partial charge in [0, 0.05) is 32.4 Å². The summed E-state index contributed by atoms with van der Waals surface area (Å²) in [6.07, 6.45) is 0. The van der Waals surface area contributed by atoms with Crippen molar-refractivity contribution in [3.05, 3.63) is 51.0 Å². The van der Waals surface area contributed by atoms with E-state index in [1.165, 1.54) is 40.7 Å². The fraction of sp³-hybridized carbons (Fsp3) is 0.227. The van der Waals surface area contributed by atoms with Gasteiger partial charge in [0.1, 0.15) is 22.8 Å². The van der Waals surface area contributed by atoms with E-state index in [1.807, 2.05) is 18.2 Å². The molecule has 2 atom stereocenters. The molecule has 1 aromatic heterocycles. The Balaban J connectivity index is 1.55. The highest BCUT2D eigenvalue weighted by atomic mass is 32.2. The summed E-state index contributed by atoms with van der Waals surface area (Å²) in [6.45, 7) is 0. The summed E-state index contributed by atoms with van der Waals surface area (Å²) >= 11 is 5.82. The van der Waals surface area contributed by atoms with Gasteiger partial charge in [-0.1, -0.05) is 52.6 Å². The van der Waals surface area contributed by atoms with Crippen LogP contribution in [0.1, 0.15) is 16.8 Å². The van der Waals surface area contributed by atoms with Crippen LogP contribution in [0.3, 0.4) is 0 Å². The quantitative estimate of drug-likeness (QED) is 0.0597. The van der Waals surface area contributed by atoms with E-state index in [1.54, 1.807) is 0 Å². The second-order valence-electron chi connectivity index (χ2n) is 8.31. The maximum absolute atomic E-state index is 13.1. The van der Waals surface area contributed by atoms with Gasteiger partial charge in [0.2, 0.25) is 0 Å². The van der Waals surface area contributed by atoms with Crippen molar-refractivity contribution in [1.29, 1.82) is 10.8 Å². The molecule has 3 heterocycles. The number of carboxylic acids is 1. The number of nitrogens with one attached hydrogen (secondary N) is 3. The molecule has 1 fully saturated rings. The molecule has 216 valence electrons. The minimum Gasteiger partial charge on any atom is -0.477 e. The van der Waals surface area contributed by atoms with Gasteiger partial charge >= 0.3 is 5.97 Å². The lowest BCUT2D eigenvalue weighted by atomic mass is 10.0. The average Bonchev–Trinajstić information content (AvgIpc) is 3.35. The van der Waals surface area contributed by atoms with Gasteiger partial charge in [0.05, 0.1) is 0 Å². The van der Waals surface area contributed by atoms with E-state index in [2.05, 4.69) is 15.5 Å². The van der Waals surface area contributed by atoms with Crippen LogP contribution >= 0.6 is 58.4 Å². The number of hydrogen-bond acceptors (Lipinski definition) is 14. The third kappa shape index (κ3) is 6.92. The van der Waals surface area contributed by atoms with E-state index in [4.69, 9.17) is 28.0 Å². The third-order valence-corrected chi connectivity index (χ3v) is 10.5. The first kappa shape index (κ1) is 30.6. The first-order valence-electron chi connectivity index (χ1n) is 11.4. The van der Waals surface area contributed by atoms with Crippen LogP contribution < -0.4 is 22.5 Å². The van der Waals surface area contributed by atoms with E-state index in [9.17, 15) is 24.7 Å². The largest absolute Gasteiger partial charge is 0.477 e. The average molecular weight is 654 g/mol. The van der Waals surface area contributed by atoms with Gasteiger partial charge in [0.15, 0.2) is 21.2 Å². The Morgan fingerprint density at radius 2 is 1.93 bits per heavy atom. The zero-order chi connectivity index (χ0) is 29.8. The minimum atomic E-state index is -1.29. The number of thioether (sulfide) groups is 4. The summed E-state index contributed by atoms with van der Waals surface area (Å²) in [5.41, 5.74) is 17.7. The monoisotopic (exact) mass is 653 g/mol. The van der Waals surface area contributed by atoms with Crippen molar-refractivity contribution in [3.63, 3.8) is 0 Å². The van der Waals surface area contributed by atoms with Crippen molar-refractivity contribution in [3.8, 4) is 0 Å². The fourth-order valence-corrected chi connectivity index (χ4v) is 8.14. The number of nitrogens with zero attached hydrogens (tertiary/aromatic N) is 3. The summed E-state index contributed by atoms with van der Waals surface area (Å²) < 4.78 is 0. The number of benzene rings is 1. The van der Waals surface area contributed by atoms with Gasteiger partial charge in [-0.15, -0.1) is 23.1 Å². The van der Waals surface area contributed by atoms with E-state index in [-0.39, 0.29) is 32.6 Å². The second kappa shape index (κ2) is 13.1. The number of amides is 2. The Morgan fingerprint density at radius 3 is 2.54 bits per heavy atom. The standard InChI is InChI=1S/C22H23N9O5S5/c23-20(24)38-4-8-1-2-11(9(3-8)5-39-21(25)26)41-12-7-37-18-14(17(33)31(18)15(12)19(34)35)29-16(32)13(30-36)10-6-40-22(27)28-10/h1-3,6,14,18,36H,4-5,7H2,(H3,23,24)(H3,25,26)(H2,27,28)(H,29,32)(H,34,35)/b30-13-/t14-,18-/m1/s1. The highest BCUT2D eigenvalue weighted by Gasteiger charge is 2.54. The topological polar surface area (TPSA) is 258 Å².